The summed E-state index contributed by atoms with van der Waals surface area (Å²) in [6.07, 6.45) is 4.22. The molecule has 22 heavy (non-hydrogen) atoms. The summed E-state index contributed by atoms with van der Waals surface area (Å²) < 4.78 is 0. The van der Waals surface area contributed by atoms with E-state index in [1.807, 2.05) is 4.90 Å². The molecule has 0 saturated carbocycles. The molecule has 1 heterocycles. The molecule has 0 bridgehead atoms. The van der Waals surface area contributed by atoms with Gasteiger partial charge in [-0.3, -0.25) is 9.59 Å². The van der Waals surface area contributed by atoms with Crippen molar-refractivity contribution in [3.05, 3.63) is 35.4 Å². The average Bonchev–Trinajstić information content (AvgIpc) is 2.52. The predicted octanol–water partition coefficient (Wildman–Crippen LogP) is 3.03. The number of hydrogen-bond acceptors (Lipinski definition) is 2. The normalized spacial score (nSPS) is 18.2. The molecule has 2 rings (SSSR count). The van der Waals surface area contributed by atoms with Crippen LogP contribution in [0, 0.1) is 12.8 Å². The molecule has 1 aliphatic heterocycles. The van der Waals surface area contributed by atoms with E-state index in [9.17, 15) is 9.59 Å². The van der Waals surface area contributed by atoms with Gasteiger partial charge in [0.15, 0.2) is 0 Å². The molecule has 1 N–H and O–H groups in total. The van der Waals surface area contributed by atoms with Gasteiger partial charge in [-0.2, -0.15) is 0 Å². The smallest absolute Gasteiger partial charge is 0.303 e. The number of carbonyl (C=O) groups is 2. The summed E-state index contributed by atoms with van der Waals surface area (Å²) in [5.41, 5.74) is 2.42. The van der Waals surface area contributed by atoms with E-state index in [4.69, 9.17) is 5.11 Å². The minimum absolute atomic E-state index is 0.195. The lowest BCUT2D eigenvalue weighted by Gasteiger charge is -2.32. The standard InChI is InChI=1S/C18H25NO3/c1-14-4-6-15(7-5-14)8-10-17(20)19-12-2-3-16(13-19)9-11-18(21)22/h4-7,16H,2-3,8-13H2,1H3,(H,21,22). The highest BCUT2D eigenvalue weighted by Gasteiger charge is 2.23. The Hall–Kier alpha value is -1.84. The number of piperidine rings is 1. The first kappa shape index (κ1) is 16.5. The third-order valence-corrected chi connectivity index (χ3v) is 4.39. The van der Waals surface area contributed by atoms with E-state index < -0.39 is 5.97 Å². The first-order valence-corrected chi connectivity index (χ1v) is 8.09. The molecule has 120 valence electrons. The van der Waals surface area contributed by atoms with Gasteiger partial charge in [0.2, 0.25) is 5.91 Å². The summed E-state index contributed by atoms with van der Waals surface area (Å²) in [5.74, 6) is -0.211. The maximum Gasteiger partial charge on any atom is 0.303 e. The number of hydrogen-bond donors (Lipinski definition) is 1. The molecule has 1 saturated heterocycles. The number of carboxylic acids is 1. The average molecular weight is 303 g/mol. The summed E-state index contributed by atoms with van der Waals surface area (Å²) in [4.78, 5) is 24.9. The van der Waals surface area contributed by atoms with Crippen molar-refractivity contribution in [2.45, 2.75) is 45.4 Å². The molecule has 0 radical (unpaired) electrons. The van der Waals surface area contributed by atoms with Crippen molar-refractivity contribution in [2.24, 2.45) is 5.92 Å². The Morgan fingerprint density at radius 3 is 2.64 bits per heavy atom. The SMILES string of the molecule is Cc1ccc(CCC(=O)N2CCCC(CCC(=O)O)C2)cc1. The number of aryl methyl sites for hydroxylation is 2. The fraction of sp³-hybridized carbons (Fsp3) is 0.556. The second kappa shape index (κ2) is 7.97. The van der Waals surface area contributed by atoms with Gasteiger partial charge in [-0.1, -0.05) is 29.8 Å². The Morgan fingerprint density at radius 2 is 1.95 bits per heavy atom. The highest BCUT2D eigenvalue weighted by molar-refractivity contribution is 5.76. The number of aliphatic carboxylic acids is 1. The lowest BCUT2D eigenvalue weighted by molar-refractivity contribution is -0.137. The van der Waals surface area contributed by atoms with Crippen molar-refractivity contribution < 1.29 is 14.7 Å². The van der Waals surface area contributed by atoms with Gasteiger partial charge in [-0.05, 0) is 44.1 Å². The number of likely N-dealkylation sites (tertiary alicyclic amines) is 1. The van der Waals surface area contributed by atoms with E-state index in [1.165, 1.54) is 11.1 Å². The van der Waals surface area contributed by atoms with Crippen LogP contribution in [-0.4, -0.2) is 35.0 Å². The van der Waals surface area contributed by atoms with Crippen molar-refractivity contribution in [1.82, 2.24) is 4.90 Å². The van der Waals surface area contributed by atoms with Gasteiger partial charge in [0, 0.05) is 25.9 Å². The van der Waals surface area contributed by atoms with Crippen molar-refractivity contribution in [1.29, 1.82) is 0 Å². The monoisotopic (exact) mass is 303 g/mol. The fourth-order valence-corrected chi connectivity index (χ4v) is 3.02. The highest BCUT2D eigenvalue weighted by Crippen LogP contribution is 2.22. The molecule has 0 aliphatic carbocycles. The molecule has 1 aromatic rings. The topological polar surface area (TPSA) is 57.6 Å². The lowest BCUT2D eigenvalue weighted by atomic mass is 9.93. The Labute approximate surface area is 132 Å². The van der Waals surface area contributed by atoms with Gasteiger partial charge in [-0.15, -0.1) is 0 Å². The molecule has 4 heteroatoms. The molecule has 1 aliphatic rings. The quantitative estimate of drug-likeness (QED) is 0.879. The van der Waals surface area contributed by atoms with Crippen LogP contribution >= 0.6 is 0 Å². The summed E-state index contributed by atoms with van der Waals surface area (Å²) >= 11 is 0. The van der Waals surface area contributed by atoms with Gasteiger partial charge in [0.05, 0.1) is 0 Å². The van der Waals surface area contributed by atoms with E-state index in [1.54, 1.807) is 0 Å². The van der Waals surface area contributed by atoms with E-state index in [0.717, 1.165) is 32.4 Å². The molecule has 1 aromatic carbocycles. The molecule has 1 fully saturated rings. The molecule has 0 aromatic heterocycles. The second-order valence-corrected chi connectivity index (χ2v) is 6.27. The number of carbonyl (C=O) groups excluding carboxylic acids is 1. The fourth-order valence-electron chi connectivity index (χ4n) is 3.02. The zero-order valence-corrected chi connectivity index (χ0v) is 13.3. The highest BCUT2D eigenvalue weighted by atomic mass is 16.4. The zero-order chi connectivity index (χ0) is 15.9. The number of carboxylic acid groups (broad SMARTS) is 1. The number of nitrogens with zero attached hydrogens (tertiary/aromatic N) is 1. The van der Waals surface area contributed by atoms with E-state index in [0.29, 0.717) is 18.8 Å². The van der Waals surface area contributed by atoms with Crippen LogP contribution in [0.3, 0.4) is 0 Å². The first-order chi connectivity index (χ1) is 10.5. The molecular formula is C18H25NO3. The van der Waals surface area contributed by atoms with Crippen LogP contribution in [0.4, 0.5) is 0 Å². The summed E-state index contributed by atoms with van der Waals surface area (Å²) in [7, 11) is 0. The van der Waals surface area contributed by atoms with Gasteiger partial charge in [-0.25, -0.2) is 0 Å². The van der Waals surface area contributed by atoms with E-state index in [-0.39, 0.29) is 12.3 Å². The minimum atomic E-state index is -0.747. The van der Waals surface area contributed by atoms with Gasteiger partial charge < -0.3 is 10.0 Å². The van der Waals surface area contributed by atoms with Crippen LogP contribution in [0.1, 0.15) is 43.2 Å². The predicted molar refractivity (Wildman–Crippen MR) is 85.7 cm³/mol. The molecule has 1 atom stereocenters. The Kier molecular flexibility index (Phi) is 5.99. The van der Waals surface area contributed by atoms with E-state index >= 15 is 0 Å². The summed E-state index contributed by atoms with van der Waals surface area (Å²) in [6.45, 7) is 3.59. The Bertz CT molecular complexity index is 510. The molecule has 1 amide bonds. The molecular weight excluding hydrogens is 278 g/mol. The first-order valence-electron chi connectivity index (χ1n) is 8.09. The van der Waals surface area contributed by atoms with Crippen LogP contribution in [-0.2, 0) is 16.0 Å². The Morgan fingerprint density at radius 1 is 1.23 bits per heavy atom. The van der Waals surface area contributed by atoms with Crippen LogP contribution in [0.15, 0.2) is 24.3 Å². The Balaban J connectivity index is 1.78. The number of rotatable bonds is 6. The zero-order valence-electron chi connectivity index (χ0n) is 13.3. The molecule has 0 spiro atoms. The maximum absolute atomic E-state index is 12.3. The van der Waals surface area contributed by atoms with Crippen LogP contribution in [0.5, 0.6) is 0 Å². The second-order valence-electron chi connectivity index (χ2n) is 6.27. The molecule has 4 nitrogen and oxygen atoms in total. The van der Waals surface area contributed by atoms with Gasteiger partial charge >= 0.3 is 5.97 Å². The van der Waals surface area contributed by atoms with Gasteiger partial charge in [0.1, 0.15) is 0 Å². The van der Waals surface area contributed by atoms with Crippen molar-refractivity contribution in [2.75, 3.05) is 13.1 Å². The maximum atomic E-state index is 12.3. The van der Waals surface area contributed by atoms with Crippen molar-refractivity contribution in [3.8, 4) is 0 Å². The van der Waals surface area contributed by atoms with Crippen molar-refractivity contribution >= 4 is 11.9 Å². The van der Waals surface area contributed by atoms with Crippen molar-refractivity contribution in [3.63, 3.8) is 0 Å². The van der Waals surface area contributed by atoms with Crippen LogP contribution in [0.25, 0.3) is 0 Å². The molecule has 1 unspecified atom stereocenters. The van der Waals surface area contributed by atoms with Crippen LogP contribution in [0.2, 0.25) is 0 Å². The third-order valence-electron chi connectivity index (χ3n) is 4.39. The van der Waals surface area contributed by atoms with Gasteiger partial charge in [0.25, 0.3) is 0 Å². The number of benzene rings is 1. The summed E-state index contributed by atoms with van der Waals surface area (Å²) in [6, 6.07) is 8.30. The summed E-state index contributed by atoms with van der Waals surface area (Å²) in [5, 5.41) is 8.77. The van der Waals surface area contributed by atoms with E-state index in [2.05, 4.69) is 31.2 Å². The minimum Gasteiger partial charge on any atom is -0.481 e. The lowest BCUT2D eigenvalue weighted by Crippen LogP contribution is -2.40. The third kappa shape index (κ3) is 5.17. The van der Waals surface area contributed by atoms with Crippen LogP contribution < -0.4 is 0 Å². The largest absolute Gasteiger partial charge is 0.481 e. The number of amides is 1.